The minimum Gasteiger partial charge on any atom is -0.309 e. The van der Waals surface area contributed by atoms with Gasteiger partial charge in [0.1, 0.15) is 5.39 Å². The SMILES string of the molecule is CC1Cc2ccccc2N1C(=O)CCn1cnc2c(cnn2C)c1=O. The normalized spacial score (nSPS) is 16.4. The fourth-order valence-corrected chi connectivity index (χ4v) is 3.51. The number of fused-ring (bicyclic) bond motifs is 2. The molecule has 0 aliphatic carbocycles. The van der Waals surface area contributed by atoms with Crippen LogP contribution in [0.3, 0.4) is 0 Å². The van der Waals surface area contributed by atoms with Gasteiger partial charge in [-0.05, 0) is 25.0 Å². The molecule has 3 aromatic rings. The molecule has 0 bridgehead atoms. The van der Waals surface area contributed by atoms with E-state index >= 15 is 0 Å². The molecule has 1 atom stereocenters. The van der Waals surface area contributed by atoms with Crippen LogP contribution in [-0.4, -0.2) is 31.3 Å². The predicted molar refractivity (Wildman–Crippen MR) is 94.5 cm³/mol. The number of rotatable bonds is 3. The zero-order chi connectivity index (χ0) is 17.6. The number of carbonyl (C=O) groups excluding carboxylic acids is 1. The van der Waals surface area contributed by atoms with Crippen molar-refractivity contribution in [2.75, 3.05) is 4.90 Å². The van der Waals surface area contributed by atoms with Gasteiger partial charge in [0.15, 0.2) is 5.65 Å². The number of anilines is 1. The van der Waals surface area contributed by atoms with Crippen LogP contribution in [0.15, 0.2) is 41.6 Å². The molecule has 0 saturated carbocycles. The van der Waals surface area contributed by atoms with Crippen LogP contribution < -0.4 is 10.5 Å². The quantitative estimate of drug-likeness (QED) is 0.726. The van der Waals surface area contributed by atoms with Crippen LogP contribution in [0, 0.1) is 0 Å². The summed E-state index contributed by atoms with van der Waals surface area (Å²) in [6.45, 7) is 2.36. The zero-order valence-electron chi connectivity index (χ0n) is 14.2. The van der Waals surface area contributed by atoms with E-state index in [-0.39, 0.29) is 23.9 Å². The highest BCUT2D eigenvalue weighted by Gasteiger charge is 2.30. The number of aromatic nitrogens is 4. The van der Waals surface area contributed by atoms with Gasteiger partial charge in [-0.25, -0.2) is 4.98 Å². The Morgan fingerprint density at radius 2 is 2.12 bits per heavy atom. The number of nitrogens with zero attached hydrogens (tertiary/aromatic N) is 5. The first-order valence-corrected chi connectivity index (χ1v) is 8.33. The Bertz CT molecular complexity index is 1020. The van der Waals surface area contributed by atoms with Gasteiger partial charge in [-0.2, -0.15) is 5.10 Å². The molecule has 7 heteroatoms. The molecule has 0 N–H and O–H groups in total. The lowest BCUT2D eigenvalue weighted by atomic mass is 10.1. The first-order chi connectivity index (χ1) is 12.1. The molecule has 0 saturated heterocycles. The molecule has 7 nitrogen and oxygen atoms in total. The van der Waals surface area contributed by atoms with Crippen molar-refractivity contribution in [3.05, 3.63) is 52.7 Å². The molecule has 0 fully saturated rings. The minimum absolute atomic E-state index is 0.0237. The second-order valence-corrected chi connectivity index (χ2v) is 6.44. The summed E-state index contributed by atoms with van der Waals surface area (Å²) in [5.41, 5.74) is 2.56. The molecule has 4 rings (SSSR count). The number of amides is 1. The van der Waals surface area contributed by atoms with Crippen LogP contribution in [0.25, 0.3) is 11.0 Å². The van der Waals surface area contributed by atoms with Gasteiger partial charge >= 0.3 is 0 Å². The van der Waals surface area contributed by atoms with Crippen molar-refractivity contribution >= 4 is 22.6 Å². The Morgan fingerprint density at radius 1 is 1.32 bits per heavy atom. The highest BCUT2D eigenvalue weighted by atomic mass is 16.2. The van der Waals surface area contributed by atoms with Crippen molar-refractivity contribution in [3.8, 4) is 0 Å². The van der Waals surface area contributed by atoms with Crippen LogP contribution in [-0.2, 0) is 24.8 Å². The number of carbonyl (C=O) groups is 1. The van der Waals surface area contributed by atoms with Gasteiger partial charge < -0.3 is 4.90 Å². The summed E-state index contributed by atoms with van der Waals surface area (Å²) in [5.74, 6) is 0.0237. The van der Waals surface area contributed by atoms with Crippen molar-refractivity contribution in [3.63, 3.8) is 0 Å². The summed E-state index contributed by atoms with van der Waals surface area (Å²) < 4.78 is 3.05. The maximum absolute atomic E-state index is 12.7. The molecule has 0 radical (unpaired) electrons. The van der Waals surface area contributed by atoms with E-state index in [4.69, 9.17) is 0 Å². The van der Waals surface area contributed by atoms with Gasteiger partial charge in [0.2, 0.25) is 5.91 Å². The van der Waals surface area contributed by atoms with Gasteiger partial charge in [0, 0.05) is 31.7 Å². The number of hydrogen-bond donors (Lipinski definition) is 0. The monoisotopic (exact) mass is 337 g/mol. The topological polar surface area (TPSA) is 73.0 Å². The molecule has 25 heavy (non-hydrogen) atoms. The number of benzene rings is 1. The number of hydrogen-bond acceptors (Lipinski definition) is 4. The average Bonchev–Trinajstić information content (AvgIpc) is 3.14. The summed E-state index contributed by atoms with van der Waals surface area (Å²) in [6, 6.07) is 8.12. The lowest BCUT2D eigenvalue weighted by Crippen LogP contribution is -2.36. The third-order valence-electron chi connectivity index (χ3n) is 4.76. The number of para-hydroxylation sites is 1. The maximum Gasteiger partial charge on any atom is 0.264 e. The summed E-state index contributed by atoms with van der Waals surface area (Å²) in [5, 5.41) is 4.53. The summed E-state index contributed by atoms with van der Waals surface area (Å²) in [6.07, 6.45) is 4.12. The van der Waals surface area contributed by atoms with Crippen LogP contribution in [0.5, 0.6) is 0 Å². The lowest BCUT2D eigenvalue weighted by molar-refractivity contribution is -0.119. The summed E-state index contributed by atoms with van der Waals surface area (Å²) in [4.78, 5) is 31.3. The maximum atomic E-state index is 12.7. The molecule has 3 heterocycles. The summed E-state index contributed by atoms with van der Waals surface area (Å²) in [7, 11) is 1.74. The molecule has 1 amide bonds. The Kier molecular flexibility index (Phi) is 3.63. The molecule has 1 aliphatic heterocycles. The third kappa shape index (κ3) is 2.52. The molecular weight excluding hydrogens is 318 g/mol. The smallest absolute Gasteiger partial charge is 0.264 e. The fourth-order valence-electron chi connectivity index (χ4n) is 3.51. The highest BCUT2D eigenvalue weighted by molar-refractivity contribution is 5.96. The van der Waals surface area contributed by atoms with Gasteiger partial charge in [0.05, 0.1) is 12.5 Å². The Balaban J connectivity index is 1.55. The van der Waals surface area contributed by atoms with Gasteiger partial charge in [0.25, 0.3) is 5.56 Å². The van der Waals surface area contributed by atoms with E-state index < -0.39 is 0 Å². The first kappa shape index (κ1) is 15.6. The van der Waals surface area contributed by atoms with E-state index in [1.54, 1.807) is 11.7 Å². The van der Waals surface area contributed by atoms with Gasteiger partial charge in [-0.1, -0.05) is 18.2 Å². The van der Waals surface area contributed by atoms with Crippen molar-refractivity contribution in [1.29, 1.82) is 0 Å². The standard InChI is InChI=1S/C18H19N5O2/c1-12-9-13-5-3-4-6-15(13)23(12)16(24)7-8-22-11-19-17-14(18(22)25)10-20-21(17)2/h3-6,10-12H,7-9H2,1-2H3. The van der Waals surface area contributed by atoms with Crippen LogP contribution in [0.1, 0.15) is 18.9 Å². The molecule has 2 aromatic heterocycles. The van der Waals surface area contributed by atoms with E-state index in [1.165, 1.54) is 22.7 Å². The van der Waals surface area contributed by atoms with E-state index in [0.29, 0.717) is 17.6 Å². The molecule has 1 aliphatic rings. The third-order valence-corrected chi connectivity index (χ3v) is 4.76. The molecule has 1 aromatic carbocycles. The van der Waals surface area contributed by atoms with Crippen LogP contribution >= 0.6 is 0 Å². The zero-order valence-corrected chi connectivity index (χ0v) is 14.2. The fraction of sp³-hybridized carbons (Fsp3) is 0.333. The van der Waals surface area contributed by atoms with E-state index in [1.807, 2.05) is 30.0 Å². The van der Waals surface area contributed by atoms with E-state index in [2.05, 4.69) is 16.1 Å². The van der Waals surface area contributed by atoms with Crippen molar-refractivity contribution in [1.82, 2.24) is 19.3 Å². The predicted octanol–water partition coefficient (Wildman–Crippen LogP) is 1.50. The van der Waals surface area contributed by atoms with Crippen molar-refractivity contribution in [2.45, 2.75) is 32.4 Å². The van der Waals surface area contributed by atoms with Gasteiger partial charge in [-0.3, -0.25) is 18.8 Å². The van der Waals surface area contributed by atoms with Crippen molar-refractivity contribution < 1.29 is 4.79 Å². The summed E-state index contributed by atoms with van der Waals surface area (Å²) >= 11 is 0. The Morgan fingerprint density at radius 3 is 2.96 bits per heavy atom. The minimum atomic E-state index is -0.166. The molecule has 128 valence electrons. The average molecular weight is 337 g/mol. The van der Waals surface area contributed by atoms with Crippen molar-refractivity contribution in [2.24, 2.45) is 7.05 Å². The van der Waals surface area contributed by atoms with Crippen LogP contribution in [0.2, 0.25) is 0 Å². The molecule has 0 spiro atoms. The second kappa shape index (κ2) is 5.84. The Hall–Kier alpha value is -2.96. The second-order valence-electron chi connectivity index (χ2n) is 6.44. The largest absolute Gasteiger partial charge is 0.309 e. The molecular formula is C18H19N5O2. The molecule has 1 unspecified atom stereocenters. The van der Waals surface area contributed by atoms with Crippen LogP contribution in [0.4, 0.5) is 5.69 Å². The van der Waals surface area contributed by atoms with E-state index in [9.17, 15) is 9.59 Å². The van der Waals surface area contributed by atoms with Gasteiger partial charge in [-0.15, -0.1) is 0 Å². The Labute approximate surface area is 144 Å². The lowest BCUT2D eigenvalue weighted by Gasteiger charge is -2.22. The number of aryl methyl sites for hydroxylation is 2. The highest BCUT2D eigenvalue weighted by Crippen LogP contribution is 2.32. The first-order valence-electron chi connectivity index (χ1n) is 8.33. The van der Waals surface area contributed by atoms with E-state index in [0.717, 1.165) is 12.1 Å².